The van der Waals surface area contributed by atoms with Crippen molar-refractivity contribution in [2.75, 3.05) is 19.8 Å². The molecular weight excluding hydrogens is 244 g/mol. The van der Waals surface area contributed by atoms with Gasteiger partial charge in [-0.2, -0.15) is 0 Å². The Morgan fingerprint density at radius 3 is 2.68 bits per heavy atom. The van der Waals surface area contributed by atoms with E-state index in [-0.39, 0.29) is 18.1 Å². The van der Waals surface area contributed by atoms with Gasteiger partial charge in [0.05, 0.1) is 24.9 Å². The average Bonchev–Trinajstić information content (AvgIpc) is 2.77. The van der Waals surface area contributed by atoms with E-state index in [0.717, 1.165) is 19.6 Å². The molecule has 1 heterocycles. The van der Waals surface area contributed by atoms with Gasteiger partial charge in [-0.3, -0.25) is 4.79 Å². The molecule has 112 valence electrons. The van der Waals surface area contributed by atoms with Gasteiger partial charge in [-0.1, -0.05) is 0 Å². The summed E-state index contributed by atoms with van der Waals surface area (Å²) in [5, 5.41) is 3.24. The molecule has 1 saturated heterocycles. The minimum Gasteiger partial charge on any atom is -0.381 e. The highest BCUT2D eigenvalue weighted by atomic mass is 16.5. The molecule has 0 radical (unpaired) electrons. The predicted octanol–water partition coefficient (Wildman–Crippen LogP) is 1.06. The van der Waals surface area contributed by atoms with Gasteiger partial charge < -0.3 is 20.5 Å². The Balaban J connectivity index is 2.41. The van der Waals surface area contributed by atoms with E-state index in [1.54, 1.807) is 0 Å². The van der Waals surface area contributed by atoms with E-state index in [1.807, 2.05) is 27.7 Å². The first kappa shape index (κ1) is 16.4. The van der Waals surface area contributed by atoms with E-state index in [4.69, 9.17) is 15.2 Å². The van der Waals surface area contributed by atoms with Crippen molar-refractivity contribution >= 4 is 5.91 Å². The Morgan fingerprint density at radius 1 is 1.53 bits per heavy atom. The van der Waals surface area contributed by atoms with E-state index in [1.165, 1.54) is 0 Å². The number of carbonyl (C=O) groups excluding carboxylic acids is 1. The minimum absolute atomic E-state index is 0.00986. The van der Waals surface area contributed by atoms with Crippen LogP contribution >= 0.6 is 0 Å². The predicted molar refractivity (Wildman–Crippen MR) is 74.8 cm³/mol. The lowest BCUT2D eigenvalue weighted by Gasteiger charge is -2.32. The second-order valence-electron chi connectivity index (χ2n) is 6.07. The Bertz CT molecular complexity index is 290. The van der Waals surface area contributed by atoms with Gasteiger partial charge in [-0.05, 0) is 34.1 Å². The molecule has 3 N–H and O–H groups in total. The zero-order chi connectivity index (χ0) is 14.5. The maximum absolute atomic E-state index is 11.6. The highest BCUT2D eigenvalue weighted by Crippen LogP contribution is 2.18. The molecule has 0 spiro atoms. The lowest BCUT2D eigenvalue weighted by molar-refractivity contribution is -0.125. The second kappa shape index (κ2) is 7.22. The minimum atomic E-state index is -0.722. The summed E-state index contributed by atoms with van der Waals surface area (Å²) in [6, 6.07) is 0.202. The molecule has 19 heavy (non-hydrogen) atoms. The van der Waals surface area contributed by atoms with Gasteiger partial charge in [0.15, 0.2) is 0 Å². The number of rotatable bonds is 8. The van der Waals surface area contributed by atoms with Crippen LogP contribution in [0.2, 0.25) is 0 Å². The molecule has 1 fully saturated rings. The third-order valence-electron chi connectivity index (χ3n) is 3.49. The molecule has 1 aliphatic heterocycles. The second-order valence-corrected chi connectivity index (χ2v) is 6.07. The Morgan fingerprint density at radius 2 is 2.21 bits per heavy atom. The van der Waals surface area contributed by atoms with Gasteiger partial charge in [-0.25, -0.2) is 0 Å². The molecule has 3 atom stereocenters. The topological polar surface area (TPSA) is 73.6 Å². The molecule has 0 aromatic carbocycles. The number of primary amides is 1. The summed E-state index contributed by atoms with van der Waals surface area (Å²) in [7, 11) is 0. The molecular formula is C14H28N2O3. The van der Waals surface area contributed by atoms with Gasteiger partial charge in [0, 0.05) is 25.0 Å². The van der Waals surface area contributed by atoms with Crippen molar-refractivity contribution in [2.24, 2.45) is 11.7 Å². The lowest BCUT2D eigenvalue weighted by Crippen LogP contribution is -2.57. The molecule has 0 aliphatic carbocycles. The zero-order valence-corrected chi connectivity index (χ0v) is 12.6. The van der Waals surface area contributed by atoms with Gasteiger partial charge in [0.1, 0.15) is 0 Å². The average molecular weight is 272 g/mol. The van der Waals surface area contributed by atoms with Crippen molar-refractivity contribution in [2.45, 2.75) is 58.2 Å². The number of amides is 1. The fraction of sp³-hybridized carbons (Fsp3) is 0.929. The van der Waals surface area contributed by atoms with Crippen LogP contribution in [0.1, 0.15) is 40.5 Å². The van der Waals surface area contributed by atoms with Gasteiger partial charge in [-0.15, -0.1) is 0 Å². The zero-order valence-electron chi connectivity index (χ0n) is 12.6. The third kappa shape index (κ3) is 5.47. The monoisotopic (exact) mass is 272 g/mol. The fourth-order valence-corrected chi connectivity index (χ4v) is 2.52. The molecule has 5 nitrogen and oxygen atoms in total. The maximum atomic E-state index is 11.6. The normalized spacial score (nSPS) is 24.4. The fourth-order valence-electron chi connectivity index (χ4n) is 2.52. The Kier molecular flexibility index (Phi) is 6.23. The molecule has 0 saturated carbocycles. The van der Waals surface area contributed by atoms with Crippen LogP contribution in [-0.2, 0) is 14.3 Å². The third-order valence-corrected chi connectivity index (χ3v) is 3.49. The summed E-state index contributed by atoms with van der Waals surface area (Å²) in [6.07, 6.45) is 1.63. The van der Waals surface area contributed by atoms with Crippen LogP contribution in [0.4, 0.5) is 0 Å². The van der Waals surface area contributed by atoms with Crippen LogP contribution < -0.4 is 11.1 Å². The van der Waals surface area contributed by atoms with Crippen LogP contribution in [0, 0.1) is 5.92 Å². The number of hydrogen-bond acceptors (Lipinski definition) is 4. The summed E-state index contributed by atoms with van der Waals surface area (Å²) in [4.78, 5) is 11.6. The summed E-state index contributed by atoms with van der Waals surface area (Å²) < 4.78 is 11.1. The first-order valence-electron chi connectivity index (χ1n) is 7.10. The number of ether oxygens (including phenoxy) is 2. The highest BCUT2D eigenvalue weighted by molar-refractivity contribution is 5.84. The Labute approximate surface area is 116 Å². The van der Waals surface area contributed by atoms with Crippen LogP contribution in [-0.4, -0.2) is 43.4 Å². The summed E-state index contributed by atoms with van der Waals surface area (Å²) in [6.45, 7) is 10.1. The maximum Gasteiger partial charge on any atom is 0.237 e. The first-order valence-corrected chi connectivity index (χ1v) is 7.10. The molecule has 5 heteroatoms. The number of nitrogens with one attached hydrogen (secondary N) is 1. The van der Waals surface area contributed by atoms with Crippen LogP contribution in [0.3, 0.4) is 0 Å². The smallest absolute Gasteiger partial charge is 0.237 e. The van der Waals surface area contributed by atoms with Gasteiger partial charge in [0.2, 0.25) is 5.91 Å². The molecule has 0 bridgehead atoms. The van der Waals surface area contributed by atoms with Gasteiger partial charge in [0.25, 0.3) is 0 Å². The van der Waals surface area contributed by atoms with Crippen molar-refractivity contribution in [3.8, 4) is 0 Å². The quantitative estimate of drug-likeness (QED) is 0.693. The summed E-state index contributed by atoms with van der Waals surface area (Å²) >= 11 is 0. The molecule has 1 aliphatic rings. The van der Waals surface area contributed by atoms with Crippen molar-refractivity contribution in [3.05, 3.63) is 0 Å². The van der Waals surface area contributed by atoms with E-state index < -0.39 is 5.54 Å². The van der Waals surface area contributed by atoms with Crippen LogP contribution in [0.5, 0.6) is 0 Å². The number of nitrogens with two attached hydrogens (primary N) is 1. The van der Waals surface area contributed by atoms with Crippen molar-refractivity contribution in [1.82, 2.24) is 5.32 Å². The highest BCUT2D eigenvalue weighted by Gasteiger charge is 2.33. The number of hydrogen-bond donors (Lipinski definition) is 2. The first-order chi connectivity index (χ1) is 8.83. The SMILES string of the molecule is CC(C)NC(C)(CC(C)OCC1CCOC1)C(N)=O. The Hall–Kier alpha value is -0.650. The van der Waals surface area contributed by atoms with Crippen molar-refractivity contribution < 1.29 is 14.3 Å². The van der Waals surface area contributed by atoms with Gasteiger partial charge >= 0.3 is 0 Å². The molecule has 1 rings (SSSR count). The summed E-state index contributed by atoms with van der Waals surface area (Å²) in [5.41, 5.74) is 4.79. The van der Waals surface area contributed by atoms with Crippen LogP contribution in [0.25, 0.3) is 0 Å². The lowest BCUT2D eigenvalue weighted by atomic mass is 9.93. The van der Waals surface area contributed by atoms with Crippen molar-refractivity contribution in [3.63, 3.8) is 0 Å². The molecule has 0 aromatic heterocycles. The van der Waals surface area contributed by atoms with E-state index in [9.17, 15) is 4.79 Å². The number of carbonyl (C=O) groups is 1. The van der Waals surface area contributed by atoms with E-state index in [0.29, 0.717) is 18.9 Å². The van der Waals surface area contributed by atoms with Crippen molar-refractivity contribution in [1.29, 1.82) is 0 Å². The molecule has 3 unspecified atom stereocenters. The molecule has 0 aromatic rings. The molecule has 1 amide bonds. The largest absolute Gasteiger partial charge is 0.381 e. The van der Waals surface area contributed by atoms with E-state index in [2.05, 4.69) is 5.32 Å². The van der Waals surface area contributed by atoms with Crippen LogP contribution in [0.15, 0.2) is 0 Å². The standard InChI is InChI=1S/C14H28N2O3/c1-10(2)16-14(4,13(15)17)7-11(3)19-9-12-5-6-18-8-12/h10-12,16H,5-9H2,1-4H3,(H2,15,17). The summed E-state index contributed by atoms with van der Waals surface area (Å²) in [5.74, 6) is 0.154. The van der Waals surface area contributed by atoms with E-state index >= 15 is 0 Å².